The molecule has 0 spiro atoms. The third-order valence-electron chi connectivity index (χ3n) is 5.65. The summed E-state index contributed by atoms with van der Waals surface area (Å²) < 4.78 is 3.16. The molecule has 1 aromatic heterocycles. The lowest BCUT2D eigenvalue weighted by atomic mass is 10.0. The zero-order valence-electron chi connectivity index (χ0n) is 18.2. The Morgan fingerprint density at radius 2 is 1.50 bits per heavy atom. The fourth-order valence-electron chi connectivity index (χ4n) is 3.69. The van der Waals surface area contributed by atoms with Gasteiger partial charge in [0.1, 0.15) is 16.4 Å². The third kappa shape index (κ3) is 3.44. The summed E-state index contributed by atoms with van der Waals surface area (Å²) >= 11 is 6.26. The molecular formula is C24H23ClN4O3. The van der Waals surface area contributed by atoms with Gasteiger partial charge in [-0.3, -0.25) is 19.1 Å². The number of hydrogen-bond acceptors (Lipinski definition) is 4. The second kappa shape index (κ2) is 8.16. The van der Waals surface area contributed by atoms with Crippen molar-refractivity contribution in [1.29, 1.82) is 0 Å². The molecule has 0 bridgehead atoms. The fourth-order valence-corrected chi connectivity index (χ4v) is 3.90. The van der Waals surface area contributed by atoms with Crippen LogP contribution in [0.15, 0.2) is 70.1 Å². The average Bonchev–Trinajstić information content (AvgIpc) is 3.13. The summed E-state index contributed by atoms with van der Waals surface area (Å²) in [7, 11) is 1.75. The van der Waals surface area contributed by atoms with E-state index in [2.05, 4.69) is 19.2 Å². The molecule has 1 aliphatic rings. The zero-order chi connectivity index (χ0) is 23.2. The van der Waals surface area contributed by atoms with Crippen LogP contribution in [0.1, 0.15) is 31.0 Å². The summed E-state index contributed by atoms with van der Waals surface area (Å²) in [6.45, 7) is 5.87. The van der Waals surface area contributed by atoms with Crippen LogP contribution in [-0.4, -0.2) is 21.2 Å². The predicted octanol–water partition coefficient (Wildman–Crippen LogP) is 4.04. The van der Waals surface area contributed by atoms with Crippen molar-refractivity contribution in [2.24, 2.45) is 7.05 Å². The monoisotopic (exact) mass is 450 g/mol. The van der Waals surface area contributed by atoms with Crippen molar-refractivity contribution in [3.8, 4) is 5.69 Å². The number of carbonyl (C=O) groups excluding carboxylic acids is 2. The summed E-state index contributed by atoms with van der Waals surface area (Å²) in [5.41, 5.74) is 2.50. The van der Waals surface area contributed by atoms with Gasteiger partial charge in [-0.15, -0.1) is 0 Å². The second-order valence-corrected chi connectivity index (χ2v) is 8.32. The molecule has 1 aliphatic heterocycles. The highest BCUT2D eigenvalue weighted by molar-refractivity contribution is 6.53. The van der Waals surface area contributed by atoms with E-state index in [4.69, 9.17) is 11.6 Å². The van der Waals surface area contributed by atoms with Crippen molar-refractivity contribution >= 4 is 34.8 Å². The van der Waals surface area contributed by atoms with Crippen LogP contribution in [0.4, 0.5) is 11.4 Å². The first-order chi connectivity index (χ1) is 15.2. The summed E-state index contributed by atoms with van der Waals surface area (Å²) in [6.07, 6.45) is 0. The molecule has 0 radical (unpaired) electrons. The molecule has 0 unspecified atom stereocenters. The van der Waals surface area contributed by atoms with Gasteiger partial charge in [0.05, 0.1) is 17.1 Å². The molecule has 0 saturated carbocycles. The van der Waals surface area contributed by atoms with Crippen LogP contribution in [-0.2, 0) is 16.6 Å². The first kappa shape index (κ1) is 21.6. The number of halogens is 1. The molecule has 0 saturated heterocycles. The molecular weight excluding hydrogens is 428 g/mol. The number of anilines is 2. The largest absolute Gasteiger partial charge is 0.344 e. The van der Waals surface area contributed by atoms with Gasteiger partial charge in [0, 0.05) is 7.05 Å². The van der Waals surface area contributed by atoms with Gasteiger partial charge < -0.3 is 5.32 Å². The summed E-state index contributed by atoms with van der Waals surface area (Å²) in [5.74, 6) is -0.916. The minimum Gasteiger partial charge on any atom is -0.344 e. The second-order valence-electron chi connectivity index (χ2n) is 7.94. The highest BCUT2D eigenvalue weighted by Crippen LogP contribution is 2.31. The maximum atomic E-state index is 13.2. The van der Waals surface area contributed by atoms with Crippen LogP contribution in [0.3, 0.4) is 0 Å². The number of para-hydroxylation sites is 1. The number of rotatable bonds is 5. The van der Waals surface area contributed by atoms with E-state index < -0.39 is 11.8 Å². The van der Waals surface area contributed by atoms with E-state index >= 15 is 0 Å². The van der Waals surface area contributed by atoms with Crippen LogP contribution in [0, 0.1) is 6.92 Å². The molecule has 32 heavy (non-hydrogen) atoms. The van der Waals surface area contributed by atoms with Gasteiger partial charge in [-0.05, 0) is 42.7 Å². The highest BCUT2D eigenvalue weighted by atomic mass is 35.5. The highest BCUT2D eigenvalue weighted by Gasteiger charge is 2.39. The number of amides is 2. The maximum absolute atomic E-state index is 13.2. The van der Waals surface area contributed by atoms with Crippen molar-refractivity contribution in [2.45, 2.75) is 26.7 Å². The van der Waals surface area contributed by atoms with Gasteiger partial charge in [0.2, 0.25) is 0 Å². The van der Waals surface area contributed by atoms with Crippen molar-refractivity contribution in [3.05, 3.63) is 86.9 Å². The Morgan fingerprint density at radius 1 is 0.875 bits per heavy atom. The SMILES string of the molecule is Cc1c(NC2=C(Cl)C(=O)N(c3ccc(C(C)C)cc3)C2=O)c(=O)n(-c2ccccc2)n1C. The summed E-state index contributed by atoms with van der Waals surface area (Å²) in [5, 5.41) is 2.60. The van der Waals surface area contributed by atoms with Gasteiger partial charge in [-0.25, -0.2) is 9.58 Å². The first-order valence-electron chi connectivity index (χ1n) is 10.2. The molecule has 2 amide bonds. The molecule has 0 fully saturated rings. The minimum absolute atomic E-state index is 0.115. The Bertz CT molecular complexity index is 1300. The smallest absolute Gasteiger partial charge is 0.295 e. The van der Waals surface area contributed by atoms with E-state index in [1.807, 2.05) is 42.5 Å². The normalized spacial score (nSPS) is 14.1. The number of carbonyl (C=O) groups is 2. The molecule has 3 aromatic rings. The molecule has 4 rings (SSSR count). The van der Waals surface area contributed by atoms with Crippen LogP contribution >= 0.6 is 11.6 Å². The van der Waals surface area contributed by atoms with E-state index in [0.717, 1.165) is 10.5 Å². The van der Waals surface area contributed by atoms with Gasteiger partial charge in [0.15, 0.2) is 0 Å². The molecule has 164 valence electrons. The van der Waals surface area contributed by atoms with Crippen LogP contribution in [0.2, 0.25) is 0 Å². The predicted molar refractivity (Wildman–Crippen MR) is 125 cm³/mol. The summed E-state index contributed by atoms with van der Waals surface area (Å²) in [6, 6.07) is 16.3. The molecule has 2 heterocycles. The third-order valence-corrected chi connectivity index (χ3v) is 6.00. The molecule has 0 aliphatic carbocycles. The lowest BCUT2D eigenvalue weighted by Gasteiger charge is -2.16. The van der Waals surface area contributed by atoms with Crippen LogP contribution < -0.4 is 15.8 Å². The topological polar surface area (TPSA) is 76.3 Å². The van der Waals surface area contributed by atoms with E-state index in [1.165, 1.54) is 4.68 Å². The maximum Gasteiger partial charge on any atom is 0.295 e. The number of imide groups is 1. The van der Waals surface area contributed by atoms with Crippen molar-refractivity contribution in [1.82, 2.24) is 9.36 Å². The number of nitrogens with one attached hydrogen (secondary N) is 1. The van der Waals surface area contributed by atoms with Gasteiger partial charge >= 0.3 is 0 Å². The van der Waals surface area contributed by atoms with E-state index in [1.54, 1.807) is 30.8 Å². The molecule has 7 nitrogen and oxygen atoms in total. The Labute approximate surface area is 190 Å². The zero-order valence-corrected chi connectivity index (χ0v) is 19.0. The number of nitrogens with zero attached hydrogens (tertiary/aromatic N) is 3. The van der Waals surface area contributed by atoms with Gasteiger partial charge in [-0.2, -0.15) is 0 Å². The van der Waals surface area contributed by atoms with Gasteiger partial charge in [-0.1, -0.05) is 55.8 Å². The fraction of sp³-hybridized carbons (Fsp3) is 0.208. The lowest BCUT2D eigenvalue weighted by Crippen LogP contribution is -2.32. The van der Waals surface area contributed by atoms with Crippen molar-refractivity contribution < 1.29 is 9.59 Å². The number of benzene rings is 2. The summed E-state index contributed by atoms with van der Waals surface area (Å²) in [4.78, 5) is 40.1. The van der Waals surface area contributed by atoms with Crippen molar-refractivity contribution in [3.63, 3.8) is 0 Å². The minimum atomic E-state index is -0.631. The van der Waals surface area contributed by atoms with Crippen molar-refractivity contribution in [2.75, 3.05) is 10.2 Å². The Hall–Kier alpha value is -3.58. The van der Waals surface area contributed by atoms with E-state index in [9.17, 15) is 14.4 Å². The van der Waals surface area contributed by atoms with Gasteiger partial charge in [0.25, 0.3) is 17.4 Å². The van der Waals surface area contributed by atoms with E-state index in [-0.39, 0.29) is 22.0 Å². The standard InChI is InChI=1S/C24H23ClN4O3/c1-14(2)16-10-12-17(13-11-16)28-22(30)19(25)21(23(28)31)26-20-15(3)27(4)29(24(20)32)18-8-6-5-7-9-18/h5-14,26H,1-4H3. The number of aromatic nitrogens is 2. The molecule has 1 N–H and O–H groups in total. The number of hydrogen-bond donors (Lipinski definition) is 1. The van der Waals surface area contributed by atoms with Crippen LogP contribution in [0.5, 0.6) is 0 Å². The molecule has 0 atom stereocenters. The lowest BCUT2D eigenvalue weighted by molar-refractivity contribution is -0.120. The van der Waals surface area contributed by atoms with E-state index in [0.29, 0.717) is 23.0 Å². The Balaban J connectivity index is 1.69. The molecule has 2 aromatic carbocycles. The average molecular weight is 451 g/mol. The molecule has 8 heteroatoms. The quantitative estimate of drug-likeness (QED) is 0.595. The Morgan fingerprint density at radius 3 is 2.09 bits per heavy atom. The first-order valence-corrected chi connectivity index (χ1v) is 10.6. The van der Waals surface area contributed by atoms with Crippen LogP contribution in [0.25, 0.3) is 5.69 Å². The Kier molecular flexibility index (Phi) is 5.52.